The minimum Gasteiger partial charge on any atom is -0.389 e. The summed E-state index contributed by atoms with van der Waals surface area (Å²) < 4.78 is 47.8. The van der Waals surface area contributed by atoms with E-state index < -0.39 is 17.4 Å². The summed E-state index contributed by atoms with van der Waals surface area (Å²) in [4.78, 5) is 34.2. The molecule has 1 amide bonds. The maximum atomic E-state index is 15.2. The molecule has 3 aliphatic rings. The number of nitriles is 1. The number of nitrogens with two attached hydrogens (primary N) is 1. The molecule has 7 rings (SSSR count). The quantitative estimate of drug-likeness (QED) is 0.281. The molecule has 1 saturated heterocycles. The van der Waals surface area contributed by atoms with E-state index in [9.17, 15) is 14.9 Å². The number of nitrogen functional groups attached to an aromatic ring is 1. The van der Waals surface area contributed by atoms with Crippen LogP contribution in [0.1, 0.15) is 30.4 Å². The van der Waals surface area contributed by atoms with Gasteiger partial charge < -0.3 is 15.5 Å². The number of alkyl halides is 3. The minimum atomic E-state index is -4.76. The Morgan fingerprint density at radius 1 is 1.20 bits per heavy atom. The lowest BCUT2D eigenvalue weighted by Crippen LogP contribution is -2.49. The third-order valence-corrected chi connectivity index (χ3v) is 11.6. The number of carbonyl (C=O) groups excluding carboxylic acids is 1. The van der Waals surface area contributed by atoms with Crippen molar-refractivity contribution in [3.05, 3.63) is 58.5 Å². The molecule has 2 aromatic carbocycles. The van der Waals surface area contributed by atoms with Gasteiger partial charge in [-0.3, -0.25) is 9.36 Å². The average Bonchev–Trinajstić information content (AvgIpc) is 3.19. The number of fused-ring (bicyclic) bond motifs is 1. The van der Waals surface area contributed by atoms with Crippen molar-refractivity contribution in [2.45, 2.75) is 36.9 Å². The predicted molar refractivity (Wildman–Crippen MR) is 167 cm³/mol. The van der Waals surface area contributed by atoms with E-state index in [1.165, 1.54) is 29.2 Å². The number of thioether (sulfide) groups is 1. The van der Waals surface area contributed by atoms with Crippen molar-refractivity contribution in [2.75, 3.05) is 42.6 Å². The Hall–Kier alpha value is -4.02. The molecule has 226 valence electrons. The molecule has 0 atom stereocenters. The Kier molecular flexibility index (Phi) is 6.71. The molecule has 2 aromatic heterocycles. The number of amides is 1. The molecule has 2 aliphatic heterocycles. The number of anilines is 2. The average molecular weight is 637 g/mol. The number of rotatable bonds is 3. The normalized spacial score (nSPS) is 17.9. The number of nitrogens with zero attached hydrogens (tertiary/aromatic N) is 5. The standard InChI is InChI=1S/C31H27F3N6O2S2/c1-2-22(41)38-9-11-39(12-10-38)28-18-13-20(31(32,33)34)24(17-5-3-6-21-23(17)19(14-35)27(36)44-21)26-25(18)40(29(42)37-28)15-30(16-43-26)7-4-8-30/h2-3,5-6,13H,1,4,7-12,15-16,36H2. The van der Waals surface area contributed by atoms with Crippen LogP contribution in [0.3, 0.4) is 0 Å². The molecule has 0 radical (unpaired) electrons. The molecule has 1 spiro atoms. The van der Waals surface area contributed by atoms with Gasteiger partial charge in [0, 0.05) is 64.4 Å². The van der Waals surface area contributed by atoms with Gasteiger partial charge in [-0.25, -0.2) is 4.79 Å². The van der Waals surface area contributed by atoms with Gasteiger partial charge in [-0.2, -0.15) is 23.4 Å². The number of hydrogen-bond donors (Lipinski definition) is 1. The van der Waals surface area contributed by atoms with Crippen molar-refractivity contribution in [1.29, 1.82) is 5.26 Å². The summed E-state index contributed by atoms with van der Waals surface area (Å²) in [6.07, 6.45) is -0.784. The van der Waals surface area contributed by atoms with Gasteiger partial charge in [0.15, 0.2) is 0 Å². The van der Waals surface area contributed by atoms with Gasteiger partial charge in [0.25, 0.3) is 0 Å². The summed E-state index contributed by atoms with van der Waals surface area (Å²) in [6.45, 7) is 5.17. The first-order valence-corrected chi connectivity index (χ1v) is 16.0. The first-order valence-electron chi connectivity index (χ1n) is 14.2. The van der Waals surface area contributed by atoms with Gasteiger partial charge in [-0.05, 0) is 42.0 Å². The van der Waals surface area contributed by atoms with E-state index in [-0.39, 0.29) is 44.2 Å². The molecule has 13 heteroatoms. The molecule has 2 N–H and O–H groups in total. The first kappa shape index (κ1) is 28.7. The number of thiophene rings is 1. The van der Waals surface area contributed by atoms with E-state index in [1.54, 1.807) is 32.6 Å². The predicted octanol–water partition coefficient (Wildman–Crippen LogP) is 5.86. The number of aromatic nitrogens is 2. The second kappa shape index (κ2) is 10.3. The molecule has 1 saturated carbocycles. The Morgan fingerprint density at radius 3 is 2.59 bits per heavy atom. The maximum absolute atomic E-state index is 15.2. The van der Waals surface area contributed by atoms with Crippen LogP contribution in [0.15, 0.2) is 46.6 Å². The molecule has 0 bridgehead atoms. The lowest BCUT2D eigenvalue weighted by atomic mass is 9.70. The fourth-order valence-corrected chi connectivity index (χ4v) is 9.25. The van der Waals surface area contributed by atoms with Gasteiger partial charge in [0.05, 0.1) is 16.6 Å². The van der Waals surface area contributed by atoms with Crippen LogP contribution >= 0.6 is 23.1 Å². The van der Waals surface area contributed by atoms with Gasteiger partial charge in [0.1, 0.15) is 16.9 Å². The van der Waals surface area contributed by atoms with Crippen molar-refractivity contribution in [3.8, 4) is 17.2 Å². The Bertz CT molecular complexity index is 1980. The fraction of sp³-hybridized carbons (Fsp3) is 0.355. The molecule has 1 aliphatic carbocycles. The zero-order valence-corrected chi connectivity index (χ0v) is 25.2. The van der Waals surface area contributed by atoms with Crippen LogP contribution in [0, 0.1) is 16.7 Å². The second-order valence-electron chi connectivity index (χ2n) is 11.6. The van der Waals surface area contributed by atoms with E-state index in [4.69, 9.17) is 5.73 Å². The summed E-state index contributed by atoms with van der Waals surface area (Å²) >= 11 is 2.52. The molecular formula is C31H27F3N6O2S2. The third kappa shape index (κ3) is 4.37. The smallest absolute Gasteiger partial charge is 0.389 e. The number of carbonyl (C=O) groups is 1. The summed E-state index contributed by atoms with van der Waals surface area (Å²) in [5.41, 5.74) is 5.38. The zero-order valence-electron chi connectivity index (χ0n) is 23.5. The Balaban J connectivity index is 1.55. The number of piperazine rings is 1. The van der Waals surface area contributed by atoms with Crippen molar-refractivity contribution in [2.24, 2.45) is 5.41 Å². The van der Waals surface area contributed by atoms with Crippen molar-refractivity contribution < 1.29 is 18.0 Å². The largest absolute Gasteiger partial charge is 0.417 e. The van der Waals surface area contributed by atoms with Gasteiger partial charge in [0.2, 0.25) is 5.91 Å². The lowest BCUT2D eigenvalue weighted by molar-refractivity contribution is -0.137. The van der Waals surface area contributed by atoms with Crippen molar-refractivity contribution >= 4 is 60.8 Å². The highest BCUT2D eigenvalue weighted by molar-refractivity contribution is 7.99. The van der Waals surface area contributed by atoms with Crippen LogP contribution in [0.2, 0.25) is 0 Å². The highest BCUT2D eigenvalue weighted by Gasteiger charge is 2.43. The van der Waals surface area contributed by atoms with E-state index in [0.717, 1.165) is 25.3 Å². The van der Waals surface area contributed by atoms with E-state index in [1.807, 2.05) is 0 Å². The Labute approximate surface area is 258 Å². The summed E-state index contributed by atoms with van der Waals surface area (Å²) in [6, 6.07) is 8.25. The van der Waals surface area contributed by atoms with Crippen molar-refractivity contribution in [1.82, 2.24) is 14.5 Å². The summed E-state index contributed by atoms with van der Waals surface area (Å²) in [7, 11) is 0. The fourth-order valence-electron chi connectivity index (χ4n) is 6.75. The van der Waals surface area contributed by atoms with Crippen LogP contribution in [-0.2, 0) is 17.5 Å². The van der Waals surface area contributed by atoms with Gasteiger partial charge >= 0.3 is 11.9 Å². The van der Waals surface area contributed by atoms with Crippen LogP contribution in [0.25, 0.3) is 32.1 Å². The molecule has 8 nitrogen and oxygen atoms in total. The summed E-state index contributed by atoms with van der Waals surface area (Å²) in [5, 5.41) is 10.8. The second-order valence-corrected chi connectivity index (χ2v) is 13.7. The number of benzene rings is 2. The van der Waals surface area contributed by atoms with Crippen molar-refractivity contribution in [3.63, 3.8) is 0 Å². The topological polar surface area (TPSA) is 108 Å². The van der Waals surface area contributed by atoms with E-state index >= 15 is 13.2 Å². The highest BCUT2D eigenvalue weighted by atomic mass is 32.2. The Morgan fingerprint density at radius 2 is 1.95 bits per heavy atom. The highest BCUT2D eigenvalue weighted by Crippen LogP contribution is 2.55. The van der Waals surface area contributed by atoms with E-state index in [0.29, 0.717) is 59.0 Å². The molecule has 4 aromatic rings. The lowest BCUT2D eigenvalue weighted by Gasteiger charge is -2.41. The first-order chi connectivity index (χ1) is 21.0. The summed E-state index contributed by atoms with van der Waals surface area (Å²) in [5.74, 6) is 0.519. The monoisotopic (exact) mass is 636 g/mol. The maximum Gasteiger partial charge on any atom is 0.417 e. The van der Waals surface area contributed by atoms with Crippen LogP contribution in [0.5, 0.6) is 0 Å². The molecule has 44 heavy (non-hydrogen) atoms. The van der Waals surface area contributed by atoms with Gasteiger partial charge in [-0.15, -0.1) is 23.1 Å². The molecule has 2 fully saturated rings. The van der Waals surface area contributed by atoms with Crippen LogP contribution in [-0.4, -0.2) is 52.3 Å². The zero-order chi connectivity index (χ0) is 31.0. The molecule has 4 heterocycles. The van der Waals surface area contributed by atoms with E-state index in [2.05, 4.69) is 17.6 Å². The van der Waals surface area contributed by atoms with Gasteiger partial charge in [-0.1, -0.05) is 25.1 Å². The number of halogens is 3. The third-order valence-electron chi connectivity index (χ3n) is 9.12. The molecular weight excluding hydrogens is 610 g/mol. The van der Waals surface area contributed by atoms with Crippen LogP contribution < -0.4 is 16.3 Å². The minimum absolute atomic E-state index is 0.0435. The van der Waals surface area contributed by atoms with Crippen LogP contribution in [0.4, 0.5) is 24.0 Å². The number of hydrogen-bond acceptors (Lipinski definition) is 8. The molecule has 0 unspecified atom stereocenters. The SMILES string of the molecule is C=CC(=O)N1CCN(c2nc(=O)n3c4c(c(-c5cccc6sc(N)c(C#N)c56)c(C(F)(F)F)cc24)SCC2(CCC2)C3)CC1.